The number of allylic oxidation sites excluding steroid dienone is 1. The molecule has 1 saturated heterocycles. The second kappa shape index (κ2) is 8.71. The van der Waals surface area contributed by atoms with Crippen LogP contribution in [0.2, 0.25) is 0 Å². The lowest BCUT2D eigenvalue weighted by Gasteiger charge is -2.24. The zero-order valence-corrected chi connectivity index (χ0v) is 15.4. The van der Waals surface area contributed by atoms with Crippen LogP contribution in [-0.2, 0) is 16.1 Å². The first-order chi connectivity index (χ1) is 12.9. The largest absolute Gasteiger partial charge is 0.417 e. The van der Waals surface area contributed by atoms with Crippen molar-refractivity contribution in [3.05, 3.63) is 64.4 Å². The lowest BCUT2D eigenvalue weighted by Crippen LogP contribution is -2.36. The van der Waals surface area contributed by atoms with Crippen molar-refractivity contribution in [3.63, 3.8) is 0 Å². The summed E-state index contributed by atoms with van der Waals surface area (Å²) in [6.07, 6.45) is -2.33. The van der Waals surface area contributed by atoms with E-state index in [1.165, 1.54) is 40.5 Å². The van der Waals surface area contributed by atoms with E-state index in [0.29, 0.717) is 12.7 Å². The highest BCUT2D eigenvalue weighted by Gasteiger charge is 2.36. The number of hydrogen-bond acceptors (Lipinski definition) is 3. The molecule has 1 amide bonds. The van der Waals surface area contributed by atoms with Crippen LogP contribution in [0, 0.1) is 0 Å². The van der Waals surface area contributed by atoms with Crippen LogP contribution in [0.1, 0.15) is 23.3 Å². The molecule has 3 nitrogen and oxygen atoms in total. The molecule has 0 saturated carbocycles. The van der Waals surface area contributed by atoms with Crippen LogP contribution in [0.5, 0.6) is 0 Å². The van der Waals surface area contributed by atoms with E-state index < -0.39 is 17.7 Å². The summed E-state index contributed by atoms with van der Waals surface area (Å²) in [6, 6.07) is 11.1. The molecule has 27 heavy (non-hydrogen) atoms. The van der Waals surface area contributed by atoms with Crippen LogP contribution >= 0.6 is 11.3 Å². The number of benzene rings is 1. The van der Waals surface area contributed by atoms with Crippen LogP contribution in [0.25, 0.3) is 5.57 Å². The fourth-order valence-electron chi connectivity index (χ4n) is 3.02. The minimum absolute atomic E-state index is 0.0217. The lowest BCUT2D eigenvalue weighted by molar-refractivity contribution is -0.128. The molecule has 1 unspecified atom stereocenters. The maximum Gasteiger partial charge on any atom is 0.417 e. The molecule has 1 aliphatic rings. The van der Waals surface area contributed by atoms with Crippen LogP contribution in [-0.4, -0.2) is 36.2 Å². The summed E-state index contributed by atoms with van der Waals surface area (Å²) in [6.45, 7) is 1.18. The van der Waals surface area contributed by atoms with E-state index in [2.05, 4.69) is 0 Å². The Morgan fingerprint density at radius 3 is 2.59 bits per heavy atom. The van der Waals surface area contributed by atoms with E-state index >= 15 is 0 Å². The third-order valence-electron chi connectivity index (χ3n) is 4.34. The first-order valence-corrected chi connectivity index (χ1v) is 9.58. The third-order valence-corrected chi connectivity index (χ3v) is 5.21. The van der Waals surface area contributed by atoms with Crippen LogP contribution in [0.3, 0.4) is 0 Å². The number of halogens is 3. The monoisotopic (exact) mass is 395 g/mol. The number of nitrogens with zero attached hydrogens (tertiary/aromatic N) is 1. The third kappa shape index (κ3) is 5.43. The van der Waals surface area contributed by atoms with Crippen molar-refractivity contribution >= 4 is 22.8 Å². The average molecular weight is 395 g/mol. The molecule has 0 N–H and O–H groups in total. The molecule has 144 valence electrons. The van der Waals surface area contributed by atoms with E-state index in [1.807, 2.05) is 17.5 Å². The number of carbonyl (C=O) groups excluding carboxylic acids is 1. The quantitative estimate of drug-likeness (QED) is 0.651. The Labute approximate surface area is 160 Å². The van der Waals surface area contributed by atoms with Gasteiger partial charge in [0.15, 0.2) is 0 Å². The van der Waals surface area contributed by atoms with Crippen LogP contribution in [0.15, 0.2) is 53.9 Å². The molecular formula is C20H20F3NO2S. The van der Waals surface area contributed by atoms with Crippen molar-refractivity contribution < 1.29 is 22.7 Å². The summed E-state index contributed by atoms with van der Waals surface area (Å²) in [5.41, 5.74) is -0.955. The number of ether oxygens (including phenoxy) is 1. The van der Waals surface area contributed by atoms with Crippen LogP contribution < -0.4 is 0 Å². The van der Waals surface area contributed by atoms with Gasteiger partial charge in [-0.2, -0.15) is 13.2 Å². The van der Waals surface area contributed by atoms with Gasteiger partial charge in [0.25, 0.3) is 0 Å². The first kappa shape index (κ1) is 19.6. The van der Waals surface area contributed by atoms with Crippen LogP contribution in [0.4, 0.5) is 13.2 Å². The highest BCUT2D eigenvalue weighted by Crippen LogP contribution is 2.34. The summed E-state index contributed by atoms with van der Waals surface area (Å²) >= 11 is 1.47. The SMILES string of the molecule is O=C(/C=C(/c1ccccc1)C(F)(F)F)N(Cc1cccs1)CC1CCCO1. The number of rotatable bonds is 6. The maximum atomic E-state index is 13.6. The van der Waals surface area contributed by atoms with Crippen molar-refractivity contribution in [2.75, 3.05) is 13.2 Å². The van der Waals surface area contributed by atoms with Gasteiger partial charge in [0.2, 0.25) is 5.91 Å². The second-order valence-corrected chi connectivity index (χ2v) is 7.39. The smallest absolute Gasteiger partial charge is 0.376 e. The van der Waals surface area contributed by atoms with E-state index in [9.17, 15) is 18.0 Å². The Bertz CT molecular complexity index is 766. The molecule has 1 aromatic carbocycles. The van der Waals surface area contributed by atoms with Gasteiger partial charge in [0.05, 0.1) is 18.2 Å². The molecule has 1 atom stereocenters. The van der Waals surface area contributed by atoms with Crippen molar-refractivity contribution in [2.24, 2.45) is 0 Å². The van der Waals surface area contributed by atoms with Gasteiger partial charge >= 0.3 is 6.18 Å². The number of amides is 1. The summed E-state index contributed by atoms with van der Waals surface area (Å²) in [5, 5.41) is 1.88. The Balaban J connectivity index is 1.86. The van der Waals surface area contributed by atoms with E-state index in [4.69, 9.17) is 4.74 Å². The van der Waals surface area contributed by atoms with Crippen molar-refractivity contribution in [2.45, 2.75) is 31.7 Å². The standard InChI is InChI=1S/C20H20F3NO2S/c21-20(22,23)18(15-6-2-1-3-7-15)12-19(25)24(13-16-8-4-10-26-16)14-17-9-5-11-27-17/h1-3,5-7,9,11-12,16H,4,8,10,13-14H2/b18-12-. The number of thiophene rings is 1. The fourth-order valence-corrected chi connectivity index (χ4v) is 3.74. The zero-order chi connectivity index (χ0) is 19.3. The van der Waals surface area contributed by atoms with Gasteiger partial charge in [-0.15, -0.1) is 11.3 Å². The number of alkyl halides is 3. The van der Waals surface area contributed by atoms with Gasteiger partial charge in [-0.25, -0.2) is 0 Å². The van der Waals surface area contributed by atoms with Crippen molar-refractivity contribution in [3.8, 4) is 0 Å². The summed E-state index contributed by atoms with van der Waals surface area (Å²) in [7, 11) is 0. The molecule has 2 aromatic rings. The summed E-state index contributed by atoms with van der Waals surface area (Å²) < 4.78 is 46.2. The summed E-state index contributed by atoms with van der Waals surface area (Å²) in [4.78, 5) is 15.1. The molecule has 3 rings (SSSR count). The second-order valence-electron chi connectivity index (χ2n) is 6.35. The molecule has 7 heteroatoms. The predicted octanol–water partition coefficient (Wildman–Crippen LogP) is 4.90. The number of hydrogen-bond donors (Lipinski definition) is 0. The Hall–Kier alpha value is -2.12. The molecule has 0 radical (unpaired) electrons. The highest BCUT2D eigenvalue weighted by molar-refractivity contribution is 7.09. The van der Waals surface area contributed by atoms with Gasteiger partial charge in [-0.05, 0) is 29.9 Å². The molecule has 1 aliphatic heterocycles. The molecule has 0 bridgehead atoms. The topological polar surface area (TPSA) is 29.5 Å². The predicted molar refractivity (Wildman–Crippen MR) is 99.2 cm³/mol. The molecule has 0 spiro atoms. The molecular weight excluding hydrogens is 375 g/mol. The molecule has 0 aliphatic carbocycles. The molecule has 1 fully saturated rings. The fraction of sp³-hybridized carbons (Fsp3) is 0.350. The van der Waals surface area contributed by atoms with Gasteiger partial charge in [0, 0.05) is 24.1 Å². The summed E-state index contributed by atoms with van der Waals surface area (Å²) in [5.74, 6) is -0.657. The minimum Gasteiger partial charge on any atom is -0.376 e. The molecule has 2 heterocycles. The van der Waals surface area contributed by atoms with Gasteiger partial charge in [-0.3, -0.25) is 4.79 Å². The Morgan fingerprint density at radius 2 is 2.00 bits per heavy atom. The van der Waals surface area contributed by atoms with E-state index in [-0.39, 0.29) is 24.8 Å². The van der Waals surface area contributed by atoms with Gasteiger partial charge in [0.1, 0.15) is 0 Å². The normalized spacial score (nSPS) is 17.9. The number of carbonyl (C=O) groups is 1. The Kier molecular flexibility index (Phi) is 6.34. The lowest BCUT2D eigenvalue weighted by atomic mass is 10.0. The zero-order valence-electron chi connectivity index (χ0n) is 14.6. The van der Waals surface area contributed by atoms with Crippen molar-refractivity contribution in [1.29, 1.82) is 0 Å². The van der Waals surface area contributed by atoms with Crippen molar-refractivity contribution in [1.82, 2.24) is 4.90 Å². The minimum atomic E-state index is -4.62. The molecule has 1 aromatic heterocycles. The van der Waals surface area contributed by atoms with E-state index in [0.717, 1.165) is 17.7 Å². The maximum absolute atomic E-state index is 13.6. The van der Waals surface area contributed by atoms with E-state index in [1.54, 1.807) is 6.07 Å². The first-order valence-electron chi connectivity index (χ1n) is 8.70. The highest BCUT2D eigenvalue weighted by atomic mass is 32.1. The average Bonchev–Trinajstić information content (AvgIpc) is 3.32. The van der Waals surface area contributed by atoms with Gasteiger partial charge in [-0.1, -0.05) is 36.4 Å². The van der Waals surface area contributed by atoms with Gasteiger partial charge < -0.3 is 9.64 Å². The Morgan fingerprint density at radius 1 is 1.22 bits per heavy atom.